The Morgan fingerprint density at radius 2 is 1.69 bits per heavy atom. The molecule has 0 radical (unpaired) electrons. The molecule has 0 aromatic heterocycles. The molecule has 96 valence electrons. The summed E-state index contributed by atoms with van der Waals surface area (Å²) in [7, 11) is 4.00. The predicted molar refractivity (Wildman–Crippen MR) is 69.7 cm³/mol. The van der Waals surface area contributed by atoms with Crippen molar-refractivity contribution in [3.05, 3.63) is 0 Å². The fourth-order valence-corrected chi connectivity index (χ4v) is 3.48. The second-order valence-electron chi connectivity index (χ2n) is 5.17. The highest BCUT2D eigenvalue weighted by atomic mass is 16.5. The van der Waals surface area contributed by atoms with E-state index in [1.165, 1.54) is 44.9 Å². The summed E-state index contributed by atoms with van der Waals surface area (Å²) in [6.45, 7) is 4.59. The van der Waals surface area contributed by atoms with E-state index in [9.17, 15) is 0 Å². The first-order chi connectivity index (χ1) is 7.74. The third kappa shape index (κ3) is 2.78. The predicted octanol–water partition coefficient (Wildman–Crippen LogP) is 3.36. The molecule has 1 unspecified atom stereocenters. The molecule has 0 saturated heterocycles. The van der Waals surface area contributed by atoms with Crippen LogP contribution in [0.25, 0.3) is 0 Å². The first kappa shape index (κ1) is 14.0. The van der Waals surface area contributed by atoms with Gasteiger partial charge >= 0.3 is 0 Å². The van der Waals surface area contributed by atoms with Gasteiger partial charge in [0.25, 0.3) is 0 Å². The molecule has 0 heterocycles. The van der Waals surface area contributed by atoms with Crippen LogP contribution in [0.1, 0.15) is 58.8 Å². The standard InChI is InChI=1S/C14H29NO/c1-5-12(6-2)13(15-3)14(16-4)10-8-7-9-11-14/h12-13,15H,5-11H2,1-4H3. The zero-order valence-electron chi connectivity index (χ0n) is 11.5. The summed E-state index contributed by atoms with van der Waals surface area (Å²) in [4.78, 5) is 0. The molecule has 0 aromatic rings. The first-order valence-electron chi connectivity index (χ1n) is 6.96. The Hall–Kier alpha value is -0.0800. The van der Waals surface area contributed by atoms with E-state index in [4.69, 9.17) is 4.74 Å². The molecule has 1 atom stereocenters. The van der Waals surface area contributed by atoms with Gasteiger partial charge in [0, 0.05) is 13.2 Å². The summed E-state index contributed by atoms with van der Waals surface area (Å²) >= 11 is 0. The molecule has 1 rings (SSSR count). The fourth-order valence-electron chi connectivity index (χ4n) is 3.48. The van der Waals surface area contributed by atoms with Gasteiger partial charge in [0.2, 0.25) is 0 Å². The Bertz CT molecular complexity index is 183. The van der Waals surface area contributed by atoms with Crippen molar-refractivity contribution in [2.45, 2.75) is 70.4 Å². The summed E-state index contributed by atoms with van der Waals surface area (Å²) in [6.07, 6.45) is 8.97. The van der Waals surface area contributed by atoms with Crippen LogP contribution in [-0.2, 0) is 4.74 Å². The SMILES string of the molecule is CCC(CC)C(NC)C1(OC)CCCCC1. The number of likely N-dealkylation sites (N-methyl/N-ethyl adjacent to an activating group) is 1. The minimum absolute atomic E-state index is 0.101. The van der Waals surface area contributed by atoms with Crippen LogP contribution in [-0.4, -0.2) is 25.8 Å². The van der Waals surface area contributed by atoms with Crippen molar-refractivity contribution in [3.8, 4) is 0 Å². The van der Waals surface area contributed by atoms with E-state index in [-0.39, 0.29) is 5.60 Å². The van der Waals surface area contributed by atoms with Crippen molar-refractivity contribution < 1.29 is 4.74 Å². The van der Waals surface area contributed by atoms with E-state index in [1.807, 2.05) is 7.11 Å². The highest BCUT2D eigenvalue weighted by Gasteiger charge is 2.41. The van der Waals surface area contributed by atoms with Crippen LogP contribution < -0.4 is 5.32 Å². The van der Waals surface area contributed by atoms with E-state index in [2.05, 4.69) is 26.2 Å². The van der Waals surface area contributed by atoms with E-state index >= 15 is 0 Å². The van der Waals surface area contributed by atoms with Gasteiger partial charge in [-0.1, -0.05) is 46.0 Å². The number of ether oxygens (including phenoxy) is 1. The Labute approximate surface area is 101 Å². The fraction of sp³-hybridized carbons (Fsp3) is 1.00. The van der Waals surface area contributed by atoms with Gasteiger partial charge in [-0.2, -0.15) is 0 Å². The molecule has 0 amide bonds. The van der Waals surface area contributed by atoms with E-state index in [1.54, 1.807) is 0 Å². The molecule has 0 spiro atoms. The van der Waals surface area contributed by atoms with Crippen LogP contribution in [0.4, 0.5) is 0 Å². The zero-order valence-corrected chi connectivity index (χ0v) is 11.5. The molecule has 0 aromatic carbocycles. The van der Waals surface area contributed by atoms with Crippen molar-refractivity contribution >= 4 is 0 Å². The second kappa shape index (κ2) is 6.61. The summed E-state index contributed by atoms with van der Waals surface area (Å²) < 4.78 is 5.95. The topological polar surface area (TPSA) is 21.3 Å². The second-order valence-corrected chi connectivity index (χ2v) is 5.17. The number of hydrogen-bond donors (Lipinski definition) is 1. The van der Waals surface area contributed by atoms with Gasteiger partial charge in [-0.05, 0) is 25.8 Å². The minimum Gasteiger partial charge on any atom is -0.377 e. The maximum Gasteiger partial charge on any atom is 0.0833 e. The summed E-state index contributed by atoms with van der Waals surface area (Å²) in [5.41, 5.74) is 0.101. The molecular weight excluding hydrogens is 198 g/mol. The smallest absolute Gasteiger partial charge is 0.0833 e. The average Bonchev–Trinajstić information content (AvgIpc) is 2.36. The quantitative estimate of drug-likeness (QED) is 0.751. The molecule has 1 fully saturated rings. The highest BCUT2D eigenvalue weighted by Crippen LogP contribution is 2.38. The molecule has 1 aliphatic carbocycles. The number of hydrogen-bond acceptors (Lipinski definition) is 2. The molecule has 1 aliphatic rings. The lowest BCUT2D eigenvalue weighted by molar-refractivity contribution is -0.0807. The van der Waals surface area contributed by atoms with Gasteiger partial charge in [-0.15, -0.1) is 0 Å². The van der Waals surface area contributed by atoms with Crippen molar-refractivity contribution in [2.75, 3.05) is 14.2 Å². The summed E-state index contributed by atoms with van der Waals surface area (Å²) in [5, 5.41) is 3.54. The number of methoxy groups -OCH3 is 1. The van der Waals surface area contributed by atoms with Gasteiger partial charge in [0.15, 0.2) is 0 Å². The monoisotopic (exact) mass is 227 g/mol. The van der Waals surface area contributed by atoms with E-state index < -0.39 is 0 Å². The summed E-state index contributed by atoms with van der Waals surface area (Å²) in [5.74, 6) is 0.739. The molecule has 1 saturated carbocycles. The van der Waals surface area contributed by atoms with Gasteiger partial charge in [0.05, 0.1) is 5.60 Å². The zero-order chi connectivity index (χ0) is 12.0. The van der Waals surface area contributed by atoms with Crippen molar-refractivity contribution in [3.63, 3.8) is 0 Å². The Balaban J connectivity index is 2.80. The van der Waals surface area contributed by atoms with Gasteiger partial charge in [-0.3, -0.25) is 0 Å². The average molecular weight is 227 g/mol. The minimum atomic E-state index is 0.101. The Morgan fingerprint density at radius 3 is 2.06 bits per heavy atom. The molecule has 2 heteroatoms. The number of rotatable bonds is 6. The largest absolute Gasteiger partial charge is 0.377 e. The van der Waals surface area contributed by atoms with Crippen LogP contribution >= 0.6 is 0 Å². The van der Waals surface area contributed by atoms with Gasteiger partial charge in [-0.25, -0.2) is 0 Å². The lowest BCUT2D eigenvalue weighted by Crippen LogP contribution is -2.55. The lowest BCUT2D eigenvalue weighted by Gasteiger charge is -2.45. The summed E-state index contributed by atoms with van der Waals surface area (Å²) in [6, 6.07) is 0.521. The molecule has 16 heavy (non-hydrogen) atoms. The van der Waals surface area contributed by atoms with E-state index in [0.29, 0.717) is 6.04 Å². The van der Waals surface area contributed by atoms with Crippen LogP contribution in [0.2, 0.25) is 0 Å². The lowest BCUT2D eigenvalue weighted by atomic mass is 9.73. The first-order valence-corrected chi connectivity index (χ1v) is 6.96. The highest BCUT2D eigenvalue weighted by molar-refractivity contribution is 4.97. The molecule has 0 aliphatic heterocycles. The van der Waals surface area contributed by atoms with Crippen molar-refractivity contribution in [1.29, 1.82) is 0 Å². The molecule has 0 bridgehead atoms. The Morgan fingerprint density at radius 1 is 1.12 bits per heavy atom. The Kier molecular flexibility index (Phi) is 5.77. The van der Waals surface area contributed by atoms with E-state index in [0.717, 1.165) is 5.92 Å². The van der Waals surface area contributed by atoms with Crippen LogP contribution in [0.5, 0.6) is 0 Å². The van der Waals surface area contributed by atoms with Crippen LogP contribution in [0.3, 0.4) is 0 Å². The van der Waals surface area contributed by atoms with Crippen molar-refractivity contribution in [1.82, 2.24) is 5.32 Å². The van der Waals surface area contributed by atoms with Gasteiger partial charge in [0.1, 0.15) is 0 Å². The maximum absolute atomic E-state index is 5.95. The molecular formula is C14H29NO. The van der Waals surface area contributed by atoms with Crippen LogP contribution in [0, 0.1) is 5.92 Å². The number of nitrogens with one attached hydrogen (secondary N) is 1. The van der Waals surface area contributed by atoms with Crippen molar-refractivity contribution in [2.24, 2.45) is 5.92 Å². The third-order valence-corrected chi connectivity index (χ3v) is 4.50. The molecule has 2 nitrogen and oxygen atoms in total. The van der Waals surface area contributed by atoms with Gasteiger partial charge < -0.3 is 10.1 Å². The van der Waals surface area contributed by atoms with Crippen LogP contribution in [0.15, 0.2) is 0 Å². The molecule has 1 N–H and O–H groups in total. The third-order valence-electron chi connectivity index (χ3n) is 4.50. The normalized spacial score (nSPS) is 22.3. The maximum atomic E-state index is 5.95.